The fraction of sp³-hybridized carbons (Fsp3) is 0.500. The monoisotopic (exact) mass is 311 g/mol. The van der Waals surface area contributed by atoms with E-state index in [1.807, 2.05) is 27.7 Å². The summed E-state index contributed by atoms with van der Waals surface area (Å²) in [5.41, 5.74) is 2.23. The Balaban J connectivity index is 3.30. The molecule has 0 heterocycles. The van der Waals surface area contributed by atoms with E-state index in [2.05, 4.69) is 6.58 Å². The van der Waals surface area contributed by atoms with E-state index in [4.69, 9.17) is 9.88 Å². The molecular weight excluding hydrogens is 286 g/mol. The molecule has 5 heteroatoms. The summed E-state index contributed by atoms with van der Waals surface area (Å²) >= 11 is 0. The molecule has 118 valence electrons. The Morgan fingerprint density at radius 2 is 1.90 bits per heavy atom. The van der Waals surface area contributed by atoms with E-state index in [0.29, 0.717) is 17.9 Å². The second-order valence-corrected chi connectivity index (χ2v) is 7.99. The maximum atomic E-state index is 11.7. The quantitative estimate of drug-likeness (QED) is 0.848. The van der Waals surface area contributed by atoms with Crippen molar-refractivity contribution in [1.82, 2.24) is 0 Å². The smallest absolute Gasteiger partial charge is 0.238 e. The minimum atomic E-state index is -3.74. The Kier molecular flexibility index (Phi) is 5.23. The Morgan fingerprint density at radius 1 is 1.33 bits per heavy atom. The van der Waals surface area contributed by atoms with Crippen molar-refractivity contribution in [2.45, 2.75) is 51.3 Å². The van der Waals surface area contributed by atoms with E-state index < -0.39 is 10.0 Å². The summed E-state index contributed by atoms with van der Waals surface area (Å²) in [5, 5.41) is 5.28. The minimum Gasteiger partial charge on any atom is -0.493 e. The van der Waals surface area contributed by atoms with Gasteiger partial charge in [0.2, 0.25) is 10.0 Å². The molecule has 2 N–H and O–H groups in total. The highest BCUT2D eigenvalue weighted by atomic mass is 32.2. The molecule has 21 heavy (non-hydrogen) atoms. The summed E-state index contributed by atoms with van der Waals surface area (Å²) in [6.07, 6.45) is 0.763. The molecule has 0 spiro atoms. The van der Waals surface area contributed by atoms with E-state index in [0.717, 1.165) is 17.6 Å². The largest absolute Gasteiger partial charge is 0.493 e. The predicted molar refractivity (Wildman–Crippen MR) is 86.2 cm³/mol. The highest BCUT2D eigenvalue weighted by molar-refractivity contribution is 7.89. The average Bonchev–Trinajstić information content (AvgIpc) is 2.24. The molecule has 4 nitrogen and oxygen atoms in total. The average molecular weight is 311 g/mol. The topological polar surface area (TPSA) is 69.4 Å². The third-order valence-electron chi connectivity index (χ3n) is 3.18. The molecule has 0 atom stereocenters. The van der Waals surface area contributed by atoms with Gasteiger partial charge in [-0.1, -0.05) is 26.3 Å². The van der Waals surface area contributed by atoms with Crippen molar-refractivity contribution in [2.24, 2.45) is 5.14 Å². The molecule has 1 rings (SSSR count). The van der Waals surface area contributed by atoms with E-state index in [-0.39, 0.29) is 10.3 Å². The molecule has 0 unspecified atom stereocenters. The van der Waals surface area contributed by atoms with Gasteiger partial charge in [0.15, 0.2) is 0 Å². The van der Waals surface area contributed by atoms with Gasteiger partial charge in [0.25, 0.3) is 0 Å². The van der Waals surface area contributed by atoms with Crippen LogP contribution in [0.15, 0.2) is 29.2 Å². The van der Waals surface area contributed by atoms with Crippen LogP contribution >= 0.6 is 0 Å². The van der Waals surface area contributed by atoms with Crippen LogP contribution in [-0.2, 0) is 15.4 Å². The van der Waals surface area contributed by atoms with Gasteiger partial charge in [0.1, 0.15) is 5.75 Å². The van der Waals surface area contributed by atoms with Crippen molar-refractivity contribution in [2.75, 3.05) is 6.61 Å². The number of aryl methyl sites for hydroxylation is 1. The maximum Gasteiger partial charge on any atom is 0.238 e. The molecule has 0 bridgehead atoms. The molecule has 0 saturated carbocycles. The number of rotatable bonds is 5. The van der Waals surface area contributed by atoms with E-state index >= 15 is 0 Å². The van der Waals surface area contributed by atoms with Gasteiger partial charge in [-0.25, -0.2) is 13.6 Å². The Hall–Kier alpha value is -1.33. The summed E-state index contributed by atoms with van der Waals surface area (Å²) in [5.74, 6) is 0.702. The van der Waals surface area contributed by atoms with Gasteiger partial charge in [0.05, 0.1) is 11.5 Å². The lowest BCUT2D eigenvalue weighted by Gasteiger charge is -2.24. The van der Waals surface area contributed by atoms with Gasteiger partial charge in [-0.2, -0.15) is 0 Å². The second-order valence-electron chi connectivity index (χ2n) is 6.46. The fourth-order valence-electron chi connectivity index (χ4n) is 2.01. The first kappa shape index (κ1) is 17.7. The number of benzene rings is 1. The fourth-order valence-corrected chi connectivity index (χ4v) is 2.80. The van der Waals surface area contributed by atoms with E-state index in [1.54, 1.807) is 19.1 Å². The number of sulfonamides is 1. The number of hydrogen-bond acceptors (Lipinski definition) is 3. The lowest BCUT2D eigenvalue weighted by atomic mass is 9.86. The summed E-state index contributed by atoms with van der Waals surface area (Å²) < 4.78 is 29.2. The van der Waals surface area contributed by atoms with Gasteiger partial charge in [-0.15, -0.1) is 6.58 Å². The molecule has 0 aliphatic carbocycles. The van der Waals surface area contributed by atoms with Gasteiger partial charge >= 0.3 is 0 Å². The zero-order valence-electron chi connectivity index (χ0n) is 13.5. The van der Waals surface area contributed by atoms with Crippen molar-refractivity contribution in [3.63, 3.8) is 0 Å². The SMILES string of the molecule is C=C(C)CCOc1cc(C)c(S(N)(=O)=O)cc1C(C)(C)C. The normalized spacial score (nSPS) is 12.3. The number of nitrogens with two attached hydrogens (primary N) is 1. The van der Waals surface area contributed by atoms with Gasteiger partial charge < -0.3 is 4.74 Å². The molecule has 0 radical (unpaired) electrons. The summed E-state index contributed by atoms with van der Waals surface area (Å²) in [4.78, 5) is 0.152. The molecular formula is C16H25NO3S. The van der Waals surface area contributed by atoms with Crippen LogP contribution in [0.4, 0.5) is 0 Å². The van der Waals surface area contributed by atoms with Gasteiger partial charge in [-0.05, 0) is 37.0 Å². The lowest BCUT2D eigenvalue weighted by molar-refractivity contribution is 0.312. The van der Waals surface area contributed by atoms with Crippen LogP contribution in [0.2, 0.25) is 0 Å². The van der Waals surface area contributed by atoms with E-state index in [1.165, 1.54) is 0 Å². The highest BCUT2D eigenvalue weighted by Gasteiger charge is 2.23. The van der Waals surface area contributed by atoms with Crippen molar-refractivity contribution >= 4 is 10.0 Å². The van der Waals surface area contributed by atoms with Crippen LogP contribution in [0.3, 0.4) is 0 Å². The van der Waals surface area contributed by atoms with Crippen LogP contribution in [0.1, 0.15) is 45.2 Å². The summed E-state index contributed by atoms with van der Waals surface area (Å²) in [7, 11) is -3.74. The minimum absolute atomic E-state index is 0.152. The molecule has 1 aromatic rings. The van der Waals surface area contributed by atoms with Crippen LogP contribution in [-0.4, -0.2) is 15.0 Å². The zero-order chi connectivity index (χ0) is 16.4. The molecule has 0 aliphatic rings. The Bertz CT molecular complexity index is 640. The standard InChI is InChI=1S/C16H25NO3S/c1-11(2)7-8-20-14-9-12(3)15(21(17,18)19)10-13(14)16(4,5)6/h9-10H,1,7-8H2,2-6H3,(H2,17,18,19). The van der Waals surface area contributed by atoms with Crippen LogP contribution in [0.25, 0.3) is 0 Å². The third-order valence-corrected chi connectivity index (χ3v) is 4.23. The predicted octanol–water partition coefficient (Wildman–Crippen LogP) is 3.28. The molecule has 0 amide bonds. The van der Waals surface area contributed by atoms with Crippen molar-refractivity contribution in [3.05, 3.63) is 35.4 Å². The Labute approximate surface area is 128 Å². The molecule has 0 aliphatic heterocycles. The first-order chi connectivity index (χ1) is 9.43. The first-order valence-electron chi connectivity index (χ1n) is 6.88. The molecule has 0 saturated heterocycles. The van der Waals surface area contributed by atoms with Crippen LogP contribution in [0, 0.1) is 6.92 Å². The number of ether oxygens (including phenoxy) is 1. The van der Waals surface area contributed by atoms with Crippen LogP contribution in [0.5, 0.6) is 5.75 Å². The first-order valence-corrected chi connectivity index (χ1v) is 8.42. The van der Waals surface area contributed by atoms with Crippen molar-refractivity contribution in [3.8, 4) is 5.75 Å². The summed E-state index contributed by atoms with van der Waals surface area (Å²) in [6.45, 7) is 14.1. The molecule has 0 fully saturated rings. The van der Waals surface area contributed by atoms with Crippen molar-refractivity contribution < 1.29 is 13.2 Å². The van der Waals surface area contributed by atoms with Crippen LogP contribution < -0.4 is 9.88 Å². The zero-order valence-corrected chi connectivity index (χ0v) is 14.3. The maximum absolute atomic E-state index is 11.7. The van der Waals surface area contributed by atoms with Crippen molar-refractivity contribution in [1.29, 1.82) is 0 Å². The number of primary sulfonamides is 1. The van der Waals surface area contributed by atoms with E-state index in [9.17, 15) is 8.42 Å². The highest BCUT2D eigenvalue weighted by Crippen LogP contribution is 2.35. The second kappa shape index (κ2) is 6.20. The molecule has 1 aromatic carbocycles. The van der Waals surface area contributed by atoms with Gasteiger partial charge in [-0.3, -0.25) is 0 Å². The summed E-state index contributed by atoms with van der Waals surface area (Å²) in [6, 6.07) is 3.37. The Morgan fingerprint density at radius 3 is 2.33 bits per heavy atom. The molecule has 0 aromatic heterocycles. The lowest BCUT2D eigenvalue weighted by Crippen LogP contribution is -2.19. The third kappa shape index (κ3) is 4.86. The number of hydrogen-bond donors (Lipinski definition) is 1. The van der Waals surface area contributed by atoms with Gasteiger partial charge in [0, 0.05) is 12.0 Å².